The van der Waals surface area contributed by atoms with Crippen LogP contribution in [0.3, 0.4) is 0 Å². The van der Waals surface area contributed by atoms with Crippen molar-refractivity contribution >= 4 is 23.2 Å². The lowest BCUT2D eigenvalue weighted by Crippen LogP contribution is -2.36. The number of benzene rings is 1. The predicted octanol–water partition coefficient (Wildman–Crippen LogP) is 3.57. The maximum absolute atomic E-state index is 6.05. The summed E-state index contributed by atoms with van der Waals surface area (Å²) in [6, 6.07) is 6.02. The molecule has 114 valence electrons. The molecule has 0 aliphatic carbocycles. The molecular formula is C15H23Cl2NO2. The largest absolute Gasteiger partial charge is 0.382 e. The highest BCUT2D eigenvalue weighted by Gasteiger charge is 2.10. The van der Waals surface area contributed by atoms with Crippen LogP contribution in [0.2, 0.25) is 10.0 Å². The molecule has 1 aromatic rings. The highest BCUT2D eigenvalue weighted by molar-refractivity contribution is 6.42. The summed E-state index contributed by atoms with van der Waals surface area (Å²) in [6.45, 7) is 5.01. The first-order valence-corrected chi connectivity index (χ1v) is 7.67. The molecule has 0 saturated heterocycles. The second-order valence-corrected chi connectivity index (χ2v) is 5.49. The Hall–Kier alpha value is -0.320. The van der Waals surface area contributed by atoms with E-state index >= 15 is 0 Å². The van der Waals surface area contributed by atoms with E-state index in [1.54, 1.807) is 7.11 Å². The third-order valence-electron chi connectivity index (χ3n) is 2.90. The average Bonchev–Trinajstić information content (AvgIpc) is 2.44. The molecule has 0 fully saturated rings. The molecule has 1 N–H and O–H groups in total. The lowest BCUT2D eigenvalue weighted by molar-refractivity contribution is 0.0587. The summed E-state index contributed by atoms with van der Waals surface area (Å²) in [4.78, 5) is 0. The van der Waals surface area contributed by atoms with Crippen LogP contribution < -0.4 is 5.32 Å². The molecule has 0 radical (unpaired) electrons. The second kappa shape index (κ2) is 10.4. The van der Waals surface area contributed by atoms with Gasteiger partial charge in [-0.1, -0.05) is 36.2 Å². The van der Waals surface area contributed by atoms with Gasteiger partial charge in [-0.2, -0.15) is 0 Å². The van der Waals surface area contributed by atoms with Crippen LogP contribution >= 0.6 is 23.2 Å². The van der Waals surface area contributed by atoms with Crippen molar-refractivity contribution in [2.45, 2.75) is 25.8 Å². The molecule has 0 aromatic heterocycles. The maximum Gasteiger partial charge on any atom is 0.0701 e. The molecule has 0 spiro atoms. The first-order chi connectivity index (χ1) is 9.67. The minimum absolute atomic E-state index is 0.268. The van der Waals surface area contributed by atoms with Crippen molar-refractivity contribution in [3.63, 3.8) is 0 Å². The summed E-state index contributed by atoms with van der Waals surface area (Å²) in [7, 11) is 1.67. The van der Waals surface area contributed by atoms with Crippen molar-refractivity contribution in [2.75, 3.05) is 33.5 Å². The van der Waals surface area contributed by atoms with Gasteiger partial charge < -0.3 is 14.8 Å². The molecule has 5 heteroatoms. The fourth-order valence-electron chi connectivity index (χ4n) is 1.86. The Balaban J connectivity index is 2.51. The smallest absolute Gasteiger partial charge is 0.0701 e. The van der Waals surface area contributed by atoms with E-state index < -0.39 is 0 Å². The summed E-state index contributed by atoms with van der Waals surface area (Å²) in [5.74, 6) is 0. The van der Waals surface area contributed by atoms with Crippen molar-refractivity contribution in [1.82, 2.24) is 5.32 Å². The van der Waals surface area contributed by atoms with Gasteiger partial charge in [0.1, 0.15) is 0 Å². The third-order valence-corrected chi connectivity index (χ3v) is 3.64. The standard InChI is InChI=1S/C15H23Cl2NO2/c1-3-6-18-13(11-20-8-7-19-2)9-12-4-5-14(16)15(17)10-12/h4-5,10,13,18H,3,6-9,11H2,1-2H3. The summed E-state index contributed by atoms with van der Waals surface area (Å²) >= 11 is 12.0. The van der Waals surface area contributed by atoms with E-state index in [2.05, 4.69) is 12.2 Å². The predicted molar refractivity (Wildman–Crippen MR) is 84.9 cm³/mol. The highest BCUT2D eigenvalue weighted by atomic mass is 35.5. The van der Waals surface area contributed by atoms with E-state index in [1.165, 1.54) is 0 Å². The lowest BCUT2D eigenvalue weighted by atomic mass is 10.1. The molecule has 1 atom stereocenters. The van der Waals surface area contributed by atoms with E-state index in [0.717, 1.165) is 24.9 Å². The molecule has 1 unspecified atom stereocenters. The number of hydrogen-bond donors (Lipinski definition) is 1. The van der Waals surface area contributed by atoms with Gasteiger partial charge >= 0.3 is 0 Å². The normalized spacial score (nSPS) is 12.6. The summed E-state index contributed by atoms with van der Waals surface area (Å²) in [5.41, 5.74) is 1.16. The molecule has 0 saturated carbocycles. The Kier molecular flexibility index (Phi) is 9.23. The summed E-state index contributed by atoms with van der Waals surface area (Å²) in [5, 5.41) is 4.67. The van der Waals surface area contributed by atoms with Gasteiger partial charge in [-0.05, 0) is 37.1 Å². The van der Waals surface area contributed by atoms with Crippen molar-refractivity contribution in [2.24, 2.45) is 0 Å². The number of halogens is 2. The average molecular weight is 320 g/mol. The van der Waals surface area contributed by atoms with Gasteiger partial charge in [0.15, 0.2) is 0 Å². The SMILES string of the molecule is CCCNC(COCCOC)Cc1ccc(Cl)c(Cl)c1. The van der Waals surface area contributed by atoms with Crippen LogP contribution in [-0.4, -0.2) is 39.5 Å². The van der Waals surface area contributed by atoms with Gasteiger partial charge in [0, 0.05) is 13.2 Å². The lowest BCUT2D eigenvalue weighted by Gasteiger charge is -2.19. The zero-order chi connectivity index (χ0) is 14.8. The zero-order valence-corrected chi connectivity index (χ0v) is 13.6. The van der Waals surface area contributed by atoms with Crippen LogP contribution in [0.4, 0.5) is 0 Å². The van der Waals surface area contributed by atoms with Gasteiger partial charge in [-0.3, -0.25) is 0 Å². The van der Waals surface area contributed by atoms with Crippen LogP contribution in [0.1, 0.15) is 18.9 Å². The van der Waals surface area contributed by atoms with E-state index in [9.17, 15) is 0 Å². The molecule has 0 aliphatic heterocycles. The number of ether oxygens (including phenoxy) is 2. The van der Waals surface area contributed by atoms with Crippen LogP contribution in [0.5, 0.6) is 0 Å². The maximum atomic E-state index is 6.05. The minimum Gasteiger partial charge on any atom is -0.382 e. The Morgan fingerprint density at radius 3 is 2.65 bits per heavy atom. The zero-order valence-electron chi connectivity index (χ0n) is 12.1. The number of rotatable bonds is 10. The monoisotopic (exact) mass is 319 g/mol. The summed E-state index contributed by atoms with van der Waals surface area (Å²) < 4.78 is 10.6. The molecule has 20 heavy (non-hydrogen) atoms. The molecule has 1 rings (SSSR count). The van der Waals surface area contributed by atoms with Crippen LogP contribution in [0.15, 0.2) is 18.2 Å². The molecular weight excluding hydrogens is 297 g/mol. The Morgan fingerprint density at radius 1 is 1.20 bits per heavy atom. The van der Waals surface area contributed by atoms with E-state index in [1.807, 2.05) is 18.2 Å². The number of methoxy groups -OCH3 is 1. The molecule has 0 bridgehead atoms. The van der Waals surface area contributed by atoms with E-state index in [0.29, 0.717) is 29.9 Å². The van der Waals surface area contributed by atoms with Crippen molar-refractivity contribution in [3.05, 3.63) is 33.8 Å². The van der Waals surface area contributed by atoms with E-state index in [-0.39, 0.29) is 6.04 Å². The van der Waals surface area contributed by atoms with Crippen LogP contribution in [0.25, 0.3) is 0 Å². The quantitative estimate of drug-likeness (QED) is 0.669. The fraction of sp³-hybridized carbons (Fsp3) is 0.600. The topological polar surface area (TPSA) is 30.5 Å². The van der Waals surface area contributed by atoms with Gasteiger partial charge in [0.2, 0.25) is 0 Å². The van der Waals surface area contributed by atoms with Gasteiger partial charge in [-0.25, -0.2) is 0 Å². The number of hydrogen-bond acceptors (Lipinski definition) is 3. The van der Waals surface area contributed by atoms with Gasteiger partial charge in [0.25, 0.3) is 0 Å². The van der Waals surface area contributed by atoms with Crippen molar-refractivity contribution in [3.8, 4) is 0 Å². The first-order valence-electron chi connectivity index (χ1n) is 6.91. The molecule has 1 aromatic carbocycles. The van der Waals surface area contributed by atoms with Gasteiger partial charge in [-0.15, -0.1) is 0 Å². The van der Waals surface area contributed by atoms with Gasteiger partial charge in [0.05, 0.1) is 29.9 Å². The fourth-order valence-corrected chi connectivity index (χ4v) is 2.18. The minimum atomic E-state index is 0.268. The molecule has 0 amide bonds. The Morgan fingerprint density at radius 2 is 2.00 bits per heavy atom. The molecule has 3 nitrogen and oxygen atoms in total. The third kappa shape index (κ3) is 6.91. The first kappa shape index (κ1) is 17.7. The van der Waals surface area contributed by atoms with Crippen LogP contribution in [-0.2, 0) is 15.9 Å². The highest BCUT2D eigenvalue weighted by Crippen LogP contribution is 2.23. The second-order valence-electron chi connectivity index (χ2n) is 4.67. The Labute approximate surface area is 131 Å². The summed E-state index contributed by atoms with van der Waals surface area (Å²) in [6.07, 6.45) is 1.96. The number of nitrogens with one attached hydrogen (secondary N) is 1. The van der Waals surface area contributed by atoms with Crippen molar-refractivity contribution in [1.29, 1.82) is 0 Å². The van der Waals surface area contributed by atoms with Crippen LogP contribution in [0, 0.1) is 0 Å². The van der Waals surface area contributed by atoms with E-state index in [4.69, 9.17) is 32.7 Å². The van der Waals surface area contributed by atoms with Crippen molar-refractivity contribution < 1.29 is 9.47 Å². The molecule has 0 heterocycles. The molecule has 0 aliphatic rings. The Bertz CT molecular complexity index is 388.